The van der Waals surface area contributed by atoms with Crippen LogP contribution >= 0.6 is 0 Å². The number of rotatable bonds is 13. The molecule has 1 aromatic carbocycles. The summed E-state index contributed by atoms with van der Waals surface area (Å²) in [5.74, 6) is 1.53. The highest BCUT2D eigenvalue weighted by Gasteiger charge is 2.41. The van der Waals surface area contributed by atoms with Gasteiger partial charge in [0.05, 0.1) is 32.2 Å². The van der Waals surface area contributed by atoms with E-state index in [1.165, 1.54) is 62.8 Å². The molecule has 47 heavy (non-hydrogen) atoms. The average molecular weight is 673 g/mol. The van der Waals surface area contributed by atoms with E-state index in [-0.39, 0.29) is 47.6 Å². The van der Waals surface area contributed by atoms with Crippen molar-refractivity contribution in [2.45, 2.75) is 88.4 Å². The number of halogens is 2. The lowest BCUT2D eigenvalue weighted by Crippen LogP contribution is -2.53. The van der Waals surface area contributed by atoms with Gasteiger partial charge in [0, 0.05) is 29.8 Å². The van der Waals surface area contributed by atoms with Gasteiger partial charge in [-0.15, -0.1) is 0 Å². The summed E-state index contributed by atoms with van der Waals surface area (Å²) < 4.78 is 66.4. The number of ether oxygens (including phenoxy) is 2. The smallest absolute Gasteiger partial charge is 0.280 e. The summed E-state index contributed by atoms with van der Waals surface area (Å²) in [6.45, 7) is 2.20. The standard InChI is InChI=1S/C34H42F2N4O6S/c1-4-34(18-22-7-5-8-23(15-22)19-34)39-30(41)9-6-14-47(43,44)33-37-26(17-27(38-33)32(35)36)25-11-13-31(42)40(21-25)20-24-10-12-28(45-2)29(16-24)46-3/h10-13,16-17,21-23,32H,4-9,14-15,18-20H2,1-3H3,(H,39,41). The van der Waals surface area contributed by atoms with Gasteiger partial charge in [-0.05, 0) is 73.8 Å². The second-order valence-corrected chi connectivity index (χ2v) is 14.7. The van der Waals surface area contributed by atoms with Crippen LogP contribution in [0.5, 0.6) is 11.5 Å². The van der Waals surface area contributed by atoms with Crippen LogP contribution in [0.1, 0.15) is 82.4 Å². The first kappa shape index (κ1) is 34.5. The number of amides is 1. The minimum Gasteiger partial charge on any atom is -0.493 e. The zero-order valence-corrected chi connectivity index (χ0v) is 27.8. The van der Waals surface area contributed by atoms with Crippen molar-refractivity contribution in [1.82, 2.24) is 19.9 Å². The fourth-order valence-electron chi connectivity index (χ4n) is 7.14. The lowest BCUT2D eigenvalue weighted by atomic mass is 9.64. The zero-order valence-electron chi connectivity index (χ0n) is 27.0. The van der Waals surface area contributed by atoms with Gasteiger partial charge in [-0.3, -0.25) is 9.59 Å². The molecule has 0 spiro atoms. The van der Waals surface area contributed by atoms with Gasteiger partial charge in [0.25, 0.3) is 12.0 Å². The molecule has 13 heteroatoms. The summed E-state index contributed by atoms with van der Waals surface area (Å²) in [6.07, 6.45) is 5.89. The Morgan fingerprint density at radius 1 is 1.06 bits per heavy atom. The predicted molar refractivity (Wildman–Crippen MR) is 172 cm³/mol. The van der Waals surface area contributed by atoms with Gasteiger partial charge >= 0.3 is 0 Å². The molecule has 2 fully saturated rings. The van der Waals surface area contributed by atoms with E-state index in [9.17, 15) is 26.8 Å². The fraction of sp³-hybridized carbons (Fsp3) is 0.529. The van der Waals surface area contributed by atoms with Crippen molar-refractivity contribution in [2.75, 3.05) is 20.0 Å². The van der Waals surface area contributed by atoms with E-state index >= 15 is 0 Å². The van der Waals surface area contributed by atoms with E-state index in [2.05, 4.69) is 22.2 Å². The van der Waals surface area contributed by atoms with Crippen molar-refractivity contribution in [2.24, 2.45) is 11.8 Å². The molecule has 0 aliphatic heterocycles. The lowest BCUT2D eigenvalue weighted by Gasteiger charge is -2.47. The Kier molecular flexibility index (Phi) is 10.6. The Morgan fingerprint density at radius 3 is 2.45 bits per heavy atom. The second kappa shape index (κ2) is 14.5. The molecule has 2 bridgehead atoms. The second-order valence-electron chi connectivity index (χ2n) is 12.7. The highest BCUT2D eigenvalue weighted by Crippen LogP contribution is 2.45. The van der Waals surface area contributed by atoms with E-state index in [1.807, 2.05) is 0 Å². The van der Waals surface area contributed by atoms with Crippen molar-refractivity contribution in [1.29, 1.82) is 0 Å². The SMILES string of the molecule is CCC1(NC(=O)CCCS(=O)(=O)c2nc(-c3ccc(=O)n(Cc4ccc(OC)c(OC)c4)c3)cc(C(F)F)n2)CC2CCCC(C2)C1. The number of fused-ring (bicyclic) bond motifs is 2. The average Bonchev–Trinajstić information content (AvgIpc) is 3.05. The molecule has 254 valence electrons. The Bertz CT molecular complexity index is 1750. The maximum atomic E-state index is 13.9. The number of carbonyl (C=O) groups excluding carboxylic acids is 1. The fourth-order valence-corrected chi connectivity index (χ4v) is 8.33. The number of aromatic nitrogens is 3. The number of nitrogens with zero attached hydrogens (tertiary/aromatic N) is 3. The molecule has 2 unspecified atom stereocenters. The van der Waals surface area contributed by atoms with Gasteiger partial charge in [0.15, 0.2) is 11.5 Å². The number of nitrogens with one attached hydrogen (secondary N) is 1. The highest BCUT2D eigenvalue weighted by atomic mass is 32.2. The van der Waals surface area contributed by atoms with Crippen molar-refractivity contribution < 1.29 is 31.5 Å². The van der Waals surface area contributed by atoms with Crippen LogP contribution in [-0.2, 0) is 21.2 Å². The summed E-state index contributed by atoms with van der Waals surface area (Å²) in [5, 5.41) is 2.48. The van der Waals surface area contributed by atoms with Crippen LogP contribution in [0.2, 0.25) is 0 Å². The third-order valence-corrected chi connectivity index (χ3v) is 11.0. The molecule has 2 aliphatic rings. The maximum absolute atomic E-state index is 13.9. The Balaban J connectivity index is 1.31. The largest absolute Gasteiger partial charge is 0.493 e. The van der Waals surface area contributed by atoms with Crippen LogP contribution in [0, 0.1) is 11.8 Å². The lowest BCUT2D eigenvalue weighted by molar-refractivity contribution is -0.124. The van der Waals surface area contributed by atoms with Crippen molar-refractivity contribution in [3.63, 3.8) is 0 Å². The molecular formula is C34H42F2N4O6S. The van der Waals surface area contributed by atoms with Crippen LogP contribution in [0.15, 0.2) is 52.5 Å². The van der Waals surface area contributed by atoms with Crippen LogP contribution < -0.4 is 20.3 Å². The molecule has 1 N–H and O–H groups in total. The number of benzene rings is 1. The number of methoxy groups -OCH3 is 2. The van der Waals surface area contributed by atoms with E-state index < -0.39 is 32.9 Å². The van der Waals surface area contributed by atoms with Crippen molar-refractivity contribution >= 4 is 15.7 Å². The van der Waals surface area contributed by atoms with E-state index in [4.69, 9.17) is 9.47 Å². The molecule has 2 aliphatic carbocycles. The Labute approximate surface area is 273 Å². The number of carbonyl (C=O) groups is 1. The van der Waals surface area contributed by atoms with Gasteiger partial charge in [-0.2, -0.15) is 0 Å². The number of alkyl halides is 2. The molecule has 2 heterocycles. The summed E-state index contributed by atoms with van der Waals surface area (Å²) >= 11 is 0. The monoisotopic (exact) mass is 672 g/mol. The minimum atomic E-state index is -4.22. The number of pyridine rings is 1. The molecule has 10 nitrogen and oxygen atoms in total. The maximum Gasteiger partial charge on any atom is 0.280 e. The van der Waals surface area contributed by atoms with Crippen LogP contribution in [0.25, 0.3) is 11.3 Å². The number of hydrogen-bond donors (Lipinski definition) is 1. The molecule has 3 aromatic rings. The molecule has 2 aromatic heterocycles. The molecule has 2 atom stereocenters. The van der Waals surface area contributed by atoms with Gasteiger partial charge < -0.3 is 19.4 Å². The summed E-state index contributed by atoms with van der Waals surface area (Å²) in [4.78, 5) is 33.5. The normalized spacial score (nSPS) is 21.0. The van der Waals surface area contributed by atoms with E-state index in [1.54, 1.807) is 18.2 Å². The van der Waals surface area contributed by atoms with Crippen LogP contribution in [0.4, 0.5) is 8.78 Å². The van der Waals surface area contributed by atoms with Gasteiger partial charge in [0.1, 0.15) is 5.69 Å². The molecule has 0 saturated heterocycles. The van der Waals surface area contributed by atoms with E-state index in [0.29, 0.717) is 28.9 Å². The molecule has 2 saturated carbocycles. The first-order chi connectivity index (χ1) is 22.4. The van der Waals surface area contributed by atoms with E-state index in [0.717, 1.165) is 25.3 Å². The third-order valence-electron chi connectivity index (χ3n) is 9.46. The Hall–Kier alpha value is -3.87. The first-order valence-corrected chi connectivity index (χ1v) is 17.7. The number of hydrogen-bond acceptors (Lipinski definition) is 8. The molecule has 1 amide bonds. The molecule has 0 radical (unpaired) electrons. The third kappa shape index (κ3) is 8.17. The number of sulfone groups is 1. The minimum absolute atomic E-state index is 0.00534. The Morgan fingerprint density at radius 2 is 1.79 bits per heavy atom. The quantitative estimate of drug-likeness (QED) is 0.228. The summed E-state index contributed by atoms with van der Waals surface area (Å²) in [6, 6.07) is 8.84. The predicted octanol–water partition coefficient (Wildman–Crippen LogP) is 5.73. The first-order valence-electron chi connectivity index (χ1n) is 16.1. The van der Waals surface area contributed by atoms with Gasteiger partial charge in [-0.1, -0.05) is 32.3 Å². The van der Waals surface area contributed by atoms with Crippen LogP contribution in [0.3, 0.4) is 0 Å². The summed E-state index contributed by atoms with van der Waals surface area (Å²) in [7, 11) is -1.22. The topological polar surface area (TPSA) is 129 Å². The molecule has 5 rings (SSSR count). The summed E-state index contributed by atoms with van der Waals surface area (Å²) in [5.41, 5.74) is -0.478. The van der Waals surface area contributed by atoms with Gasteiger partial charge in [-0.25, -0.2) is 27.2 Å². The zero-order chi connectivity index (χ0) is 33.8. The van der Waals surface area contributed by atoms with Crippen LogP contribution in [-0.4, -0.2) is 54.4 Å². The van der Waals surface area contributed by atoms with Crippen molar-refractivity contribution in [3.05, 3.63) is 64.2 Å². The molecular weight excluding hydrogens is 630 g/mol. The highest BCUT2D eigenvalue weighted by molar-refractivity contribution is 7.91. The van der Waals surface area contributed by atoms with Gasteiger partial charge in [0.2, 0.25) is 20.9 Å². The van der Waals surface area contributed by atoms with Crippen molar-refractivity contribution in [3.8, 4) is 22.8 Å².